The van der Waals surface area contributed by atoms with E-state index in [-0.39, 0.29) is 0 Å². The molecule has 0 unspecified atom stereocenters. The fourth-order valence-electron chi connectivity index (χ4n) is 1.20. The Morgan fingerprint density at radius 2 is 2.12 bits per heavy atom. The van der Waals surface area contributed by atoms with E-state index in [0.717, 1.165) is 24.1 Å². The SMILES string of the molecule is CC(C)(C)OC(=O)N=CC1=CC=C(N)CC1. The maximum Gasteiger partial charge on any atom is 0.434 e. The third-order valence-electron chi connectivity index (χ3n) is 1.94. The molecule has 1 aliphatic rings. The number of hydrogen-bond acceptors (Lipinski definition) is 3. The largest absolute Gasteiger partial charge is 0.442 e. The molecule has 2 N–H and O–H groups in total. The number of carbonyl (C=O) groups excluding carboxylic acids is 1. The lowest BCUT2D eigenvalue weighted by Crippen LogP contribution is -2.22. The maximum atomic E-state index is 11.3. The summed E-state index contributed by atoms with van der Waals surface area (Å²) in [5.74, 6) is 0. The van der Waals surface area contributed by atoms with Crippen LogP contribution < -0.4 is 5.73 Å². The van der Waals surface area contributed by atoms with E-state index in [9.17, 15) is 4.79 Å². The lowest BCUT2D eigenvalue weighted by molar-refractivity contribution is 0.0605. The van der Waals surface area contributed by atoms with Gasteiger partial charge in [0.15, 0.2) is 0 Å². The molecule has 1 rings (SSSR count). The van der Waals surface area contributed by atoms with Crippen molar-refractivity contribution >= 4 is 12.3 Å². The third kappa shape index (κ3) is 4.77. The van der Waals surface area contributed by atoms with Crippen LogP contribution in [-0.4, -0.2) is 17.9 Å². The zero-order valence-electron chi connectivity index (χ0n) is 9.99. The average Bonchev–Trinajstić information content (AvgIpc) is 2.14. The lowest BCUT2D eigenvalue weighted by Gasteiger charge is -2.17. The molecule has 0 aromatic heterocycles. The van der Waals surface area contributed by atoms with E-state index in [1.54, 1.807) is 0 Å². The Balaban J connectivity index is 2.52. The average molecular weight is 222 g/mol. The highest BCUT2D eigenvalue weighted by atomic mass is 16.6. The van der Waals surface area contributed by atoms with Gasteiger partial charge in [0.05, 0.1) is 0 Å². The van der Waals surface area contributed by atoms with Crippen molar-refractivity contribution in [3.63, 3.8) is 0 Å². The molecule has 0 aliphatic heterocycles. The molecule has 88 valence electrons. The van der Waals surface area contributed by atoms with E-state index < -0.39 is 11.7 Å². The Labute approximate surface area is 95.9 Å². The zero-order chi connectivity index (χ0) is 12.2. The van der Waals surface area contributed by atoms with Gasteiger partial charge < -0.3 is 10.5 Å². The van der Waals surface area contributed by atoms with E-state index in [1.807, 2.05) is 32.9 Å². The summed E-state index contributed by atoms with van der Waals surface area (Å²) in [4.78, 5) is 15.0. The fourth-order valence-corrected chi connectivity index (χ4v) is 1.20. The molecule has 4 nitrogen and oxygen atoms in total. The minimum atomic E-state index is -0.559. The Bertz CT molecular complexity index is 360. The first-order valence-electron chi connectivity index (χ1n) is 5.29. The van der Waals surface area contributed by atoms with Crippen LogP contribution in [0.3, 0.4) is 0 Å². The number of amides is 1. The molecular weight excluding hydrogens is 204 g/mol. The second-order valence-corrected chi connectivity index (χ2v) is 4.72. The second-order valence-electron chi connectivity index (χ2n) is 4.72. The minimum Gasteiger partial charge on any atom is -0.442 e. The van der Waals surface area contributed by atoms with Crippen molar-refractivity contribution in [2.75, 3.05) is 0 Å². The molecule has 0 fully saturated rings. The van der Waals surface area contributed by atoms with Crippen molar-refractivity contribution in [3.05, 3.63) is 23.4 Å². The molecule has 0 saturated heterocycles. The number of nitrogens with zero attached hydrogens (tertiary/aromatic N) is 1. The van der Waals surface area contributed by atoms with Gasteiger partial charge in [-0.25, -0.2) is 4.79 Å². The highest BCUT2D eigenvalue weighted by Crippen LogP contribution is 2.13. The molecule has 0 aromatic carbocycles. The number of rotatable bonds is 1. The summed E-state index contributed by atoms with van der Waals surface area (Å²) >= 11 is 0. The predicted octanol–water partition coefficient (Wildman–Crippen LogP) is 2.56. The van der Waals surface area contributed by atoms with Crippen LogP contribution in [0.25, 0.3) is 0 Å². The highest BCUT2D eigenvalue weighted by Gasteiger charge is 2.15. The summed E-state index contributed by atoms with van der Waals surface area (Å²) in [5, 5.41) is 0. The Hall–Kier alpha value is -1.58. The van der Waals surface area contributed by atoms with Crippen LogP contribution in [0.2, 0.25) is 0 Å². The molecule has 16 heavy (non-hydrogen) atoms. The molecule has 0 aromatic rings. The number of hydrogen-bond donors (Lipinski definition) is 1. The first-order valence-corrected chi connectivity index (χ1v) is 5.29. The molecule has 4 heteroatoms. The lowest BCUT2D eigenvalue weighted by atomic mass is 10.0. The maximum absolute atomic E-state index is 11.3. The van der Waals surface area contributed by atoms with Gasteiger partial charge in [0.1, 0.15) is 5.60 Å². The van der Waals surface area contributed by atoms with Gasteiger partial charge in [-0.1, -0.05) is 6.08 Å². The Kier molecular flexibility index (Phi) is 3.88. The van der Waals surface area contributed by atoms with Gasteiger partial charge in [-0.2, -0.15) is 4.99 Å². The van der Waals surface area contributed by atoms with Crippen LogP contribution in [0.1, 0.15) is 33.6 Å². The smallest absolute Gasteiger partial charge is 0.434 e. The van der Waals surface area contributed by atoms with Crippen molar-refractivity contribution in [3.8, 4) is 0 Å². The number of aliphatic imine (C=N–C) groups is 1. The molecular formula is C12H18N2O2. The Morgan fingerprint density at radius 1 is 1.44 bits per heavy atom. The number of carbonyl (C=O) groups is 1. The predicted molar refractivity (Wildman–Crippen MR) is 64.3 cm³/mol. The summed E-state index contributed by atoms with van der Waals surface area (Å²) in [6.45, 7) is 5.43. The Morgan fingerprint density at radius 3 is 2.62 bits per heavy atom. The second kappa shape index (κ2) is 4.96. The van der Waals surface area contributed by atoms with Gasteiger partial charge in [-0.15, -0.1) is 0 Å². The zero-order valence-corrected chi connectivity index (χ0v) is 9.99. The van der Waals surface area contributed by atoms with Crippen LogP contribution in [0.15, 0.2) is 28.4 Å². The summed E-state index contributed by atoms with van der Waals surface area (Å²) < 4.78 is 5.05. The van der Waals surface area contributed by atoms with Crippen LogP contribution in [0.5, 0.6) is 0 Å². The van der Waals surface area contributed by atoms with Crippen molar-refractivity contribution in [1.29, 1.82) is 0 Å². The third-order valence-corrected chi connectivity index (χ3v) is 1.94. The quantitative estimate of drug-likeness (QED) is 0.693. The van der Waals surface area contributed by atoms with Crippen molar-refractivity contribution < 1.29 is 9.53 Å². The first kappa shape index (κ1) is 12.5. The van der Waals surface area contributed by atoms with E-state index >= 15 is 0 Å². The van der Waals surface area contributed by atoms with E-state index in [4.69, 9.17) is 10.5 Å². The van der Waals surface area contributed by atoms with Crippen molar-refractivity contribution in [1.82, 2.24) is 0 Å². The van der Waals surface area contributed by atoms with E-state index in [2.05, 4.69) is 4.99 Å². The minimum absolute atomic E-state index is 0.500. The van der Waals surface area contributed by atoms with Crippen molar-refractivity contribution in [2.45, 2.75) is 39.2 Å². The van der Waals surface area contributed by atoms with Gasteiger partial charge in [-0.3, -0.25) is 0 Å². The highest BCUT2D eigenvalue weighted by molar-refractivity contribution is 5.88. The van der Waals surface area contributed by atoms with Crippen LogP contribution in [0, 0.1) is 0 Å². The monoisotopic (exact) mass is 222 g/mol. The molecule has 0 radical (unpaired) electrons. The molecule has 1 amide bonds. The van der Waals surface area contributed by atoms with Gasteiger partial charge in [0, 0.05) is 11.9 Å². The number of allylic oxidation sites excluding steroid dienone is 4. The summed E-state index contributed by atoms with van der Waals surface area (Å²) in [7, 11) is 0. The molecule has 1 aliphatic carbocycles. The molecule has 0 saturated carbocycles. The van der Waals surface area contributed by atoms with Crippen LogP contribution in [-0.2, 0) is 4.74 Å². The van der Waals surface area contributed by atoms with Gasteiger partial charge in [0.25, 0.3) is 0 Å². The van der Waals surface area contributed by atoms with E-state index in [0.29, 0.717) is 0 Å². The number of nitrogens with two attached hydrogens (primary N) is 1. The first-order chi connectivity index (χ1) is 7.37. The fraction of sp³-hybridized carbons (Fsp3) is 0.500. The summed E-state index contributed by atoms with van der Waals surface area (Å²) in [5.41, 5.74) is 6.96. The topological polar surface area (TPSA) is 64.7 Å². The molecule has 0 heterocycles. The van der Waals surface area contributed by atoms with Gasteiger partial charge in [-0.05, 0) is 45.3 Å². The van der Waals surface area contributed by atoms with Crippen LogP contribution in [0.4, 0.5) is 4.79 Å². The molecule has 0 bridgehead atoms. The van der Waals surface area contributed by atoms with Crippen LogP contribution >= 0.6 is 0 Å². The standard InChI is InChI=1S/C12H18N2O2/c1-12(2,3)16-11(15)14-8-9-4-6-10(13)7-5-9/h4,6,8H,5,7,13H2,1-3H3. The van der Waals surface area contributed by atoms with Gasteiger partial charge in [0.2, 0.25) is 0 Å². The molecule has 0 spiro atoms. The number of ether oxygens (including phenoxy) is 1. The molecule has 0 atom stereocenters. The van der Waals surface area contributed by atoms with Crippen molar-refractivity contribution in [2.24, 2.45) is 10.7 Å². The summed E-state index contributed by atoms with van der Waals surface area (Å²) in [6, 6.07) is 0. The normalized spacial score (nSPS) is 16.9. The summed E-state index contributed by atoms with van der Waals surface area (Å²) in [6.07, 6.45) is 6.31. The van der Waals surface area contributed by atoms with Gasteiger partial charge >= 0.3 is 6.09 Å². The van der Waals surface area contributed by atoms with E-state index in [1.165, 1.54) is 6.21 Å².